The minimum atomic E-state index is -0.107. The molecule has 2 aromatic heterocycles. The van der Waals surface area contributed by atoms with E-state index >= 15 is 0 Å². The Morgan fingerprint density at radius 3 is 2.75 bits per heavy atom. The van der Waals surface area contributed by atoms with E-state index in [4.69, 9.17) is 16.0 Å². The number of anilines is 1. The Morgan fingerprint density at radius 2 is 2.08 bits per heavy atom. The number of carbonyl (C=O) groups excluding carboxylic acids is 1. The summed E-state index contributed by atoms with van der Waals surface area (Å²) in [4.78, 5) is 16.2. The lowest BCUT2D eigenvalue weighted by atomic mass is 10.2. The van der Waals surface area contributed by atoms with E-state index < -0.39 is 0 Å². The molecule has 0 aliphatic rings. The molecule has 0 saturated carbocycles. The third-order valence-corrected chi connectivity index (χ3v) is 3.77. The molecule has 124 valence electrons. The van der Waals surface area contributed by atoms with Gasteiger partial charge in [-0.2, -0.15) is 5.10 Å². The van der Waals surface area contributed by atoms with Crippen molar-refractivity contribution in [3.8, 4) is 11.3 Å². The topological polar surface area (TPSA) is 73.0 Å². The zero-order chi connectivity index (χ0) is 17.1. The van der Waals surface area contributed by atoms with Gasteiger partial charge < -0.3 is 9.73 Å². The van der Waals surface area contributed by atoms with Gasteiger partial charge in [-0.25, -0.2) is 4.98 Å². The second-order valence-electron chi connectivity index (χ2n) is 5.47. The summed E-state index contributed by atoms with van der Waals surface area (Å²) < 4.78 is 7.32. The highest BCUT2D eigenvalue weighted by Crippen LogP contribution is 2.22. The SMILES string of the molecule is Cc1cc(NC(=O)CCc2ncc(-c3ccc(Cl)cc3)o2)n(C)n1. The molecule has 0 spiro atoms. The normalized spacial score (nSPS) is 10.8. The summed E-state index contributed by atoms with van der Waals surface area (Å²) in [6, 6.07) is 9.14. The van der Waals surface area contributed by atoms with Crippen LogP contribution < -0.4 is 5.32 Å². The van der Waals surface area contributed by atoms with Gasteiger partial charge >= 0.3 is 0 Å². The maximum absolute atomic E-state index is 12.0. The number of hydrogen-bond donors (Lipinski definition) is 1. The maximum atomic E-state index is 12.0. The minimum Gasteiger partial charge on any atom is -0.441 e. The van der Waals surface area contributed by atoms with Crippen LogP contribution in [-0.4, -0.2) is 20.7 Å². The molecule has 0 radical (unpaired) electrons. The molecular weight excluding hydrogens is 328 g/mol. The first-order valence-corrected chi connectivity index (χ1v) is 7.90. The summed E-state index contributed by atoms with van der Waals surface area (Å²) in [5, 5.41) is 7.68. The van der Waals surface area contributed by atoms with Crippen LogP contribution in [0.15, 0.2) is 40.9 Å². The van der Waals surface area contributed by atoms with Crippen LogP contribution in [0.1, 0.15) is 18.0 Å². The van der Waals surface area contributed by atoms with Gasteiger partial charge in [0.2, 0.25) is 5.91 Å². The summed E-state index contributed by atoms with van der Waals surface area (Å²) in [7, 11) is 1.79. The quantitative estimate of drug-likeness (QED) is 0.767. The predicted octanol–water partition coefficient (Wildman–Crippen LogP) is 3.61. The van der Waals surface area contributed by atoms with Crippen LogP contribution in [0.25, 0.3) is 11.3 Å². The molecule has 3 rings (SSSR count). The number of nitrogens with one attached hydrogen (secondary N) is 1. The fourth-order valence-electron chi connectivity index (χ4n) is 2.33. The van der Waals surface area contributed by atoms with Gasteiger partial charge in [0.05, 0.1) is 11.9 Å². The van der Waals surface area contributed by atoms with Crippen LogP contribution in [0, 0.1) is 6.92 Å². The molecule has 0 fully saturated rings. The van der Waals surface area contributed by atoms with Crippen molar-refractivity contribution >= 4 is 23.3 Å². The lowest BCUT2D eigenvalue weighted by molar-refractivity contribution is -0.116. The summed E-state index contributed by atoms with van der Waals surface area (Å²) in [6.45, 7) is 1.88. The highest BCUT2D eigenvalue weighted by atomic mass is 35.5. The second-order valence-corrected chi connectivity index (χ2v) is 5.90. The monoisotopic (exact) mass is 344 g/mol. The van der Waals surface area contributed by atoms with Crippen molar-refractivity contribution in [2.75, 3.05) is 5.32 Å². The fourth-order valence-corrected chi connectivity index (χ4v) is 2.45. The first kappa shape index (κ1) is 16.3. The van der Waals surface area contributed by atoms with Crippen molar-refractivity contribution < 1.29 is 9.21 Å². The van der Waals surface area contributed by atoms with Gasteiger partial charge in [-0.3, -0.25) is 9.48 Å². The number of rotatable bonds is 5. The molecule has 0 aliphatic heterocycles. The molecule has 0 unspecified atom stereocenters. The van der Waals surface area contributed by atoms with Crippen LogP contribution in [-0.2, 0) is 18.3 Å². The maximum Gasteiger partial charge on any atom is 0.226 e. The summed E-state index contributed by atoms with van der Waals surface area (Å²) in [5.41, 5.74) is 1.75. The van der Waals surface area contributed by atoms with Gasteiger partial charge in [-0.1, -0.05) is 11.6 Å². The van der Waals surface area contributed by atoms with E-state index in [1.165, 1.54) is 0 Å². The molecule has 3 aromatic rings. The van der Waals surface area contributed by atoms with Crippen LogP contribution in [0.3, 0.4) is 0 Å². The van der Waals surface area contributed by atoms with Crippen molar-refractivity contribution in [1.82, 2.24) is 14.8 Å². The number of aryl methyl sites for hydroxylation is 3. The molecular formula is C17H17ClN4O2. The van der Waals surface area contributed by atoms with E-state index in [9.17, 15) is 4.79 Å². The van der Waals surface area contributed by atoms with E-state index in [2.05, 4.69) is 15.4 Å². The number of aromatic nitrogens is 3. The zero-order valence-corrected chi connectivity index (χ0v) is 14.2. The van der Waals surface area contributed by atoms with E-state index in [0.717, 1.165) is 11.3 Å². The minimum absolute atomic E-state index is 0.107. The van der Waals surface area contributed by atoms with Gasteiger partial charge in [0.1, 0.15) is 5.82 Å². The highest BCUT2D eigenvalue weighted by molar-refractivity contribution is 6.30. The zero-order valence-electron chi connectivity index (χ0n) is 13.4. The number of halogens is 1. The number of benzene rings is 1. The Hall–Kier alpha value is -2.60. The molecule has 2 heterocycles. The molecule has 1 amide bonds. The Balaban J connectivity index is 1.58. The van der Waals surface area contributed by atoms with Crippen LogP contribution in [0.4, 0.5) is 5.82 Å². The standard InChI is InChI=1S/C17H17ClN4O2/c1-11-9-15(22(2)21-11)20-16(23)7-8-17-19-10-14(24-17)12-3-5-13(18)6-4-12/h3-6,9-10H,7-8H2,1-2H3,(H,20,23). The fraction of sp³-hybridized carbons (Fsp3) is 0.235. The van der Waals surface area contributed by atoms with E-state index in [1.54, 1.807) is 30.1 Å². The first-order chi connectivity index (χ1) is 11.5. The van der Waals surface area contributed by atoms with Gasteiger partial charge in [-0.15, -0.1) is 0 Å². The van der Waals surface area contributed by atoms with Crippen molar-refractivity contribution in [3.63, 3.8) is 0 Å². The Kier molecular flexibility index (Phi) is 4.66. The predicted molar refractivity (Wildman–Crippen MR) is 91.8 cm³/mol. The Bertz CT molecular complexity index is 852. The van der Waals surface area contributed by atoms with E-state index in [1.807, 2.05) is 25.1 Å². The van der Waals surface area contributed by atoms with Crippen LogP contribution >= 0.6 is 11.6 Å². The molecule has 0 bridgehead atoms. The molecule has 7 heteroatoms. The summed E-state index contributed by atoms with van der Waals surface area (Å²) >= 11 is 5.87. The largest absolute Gasteiger partial charge is 0.441 e. The van der Waals surface area contributed by atoms with Gasteiger partial charge in [0.25, 0.3) is 0 Å². The van der Waals surface area contributed by atoms with Gasteiger partial charge in [0.15, 0.2) is 11.7 Å². The molecule has 0 saturated heterocycles. The number of amides is 1. The number of carbonyl (C=O) groups is 1. The second kappa shape index (κ2) is 6.88. The molecule has 0 aliphatic carbocycles. The van der Waals surface area contributed by atoms with Gasteiger partial charge in [0, 0.05) is 36.5 Å². The summed E-state index contributed by atoms with van der Waals surface area (Å²) in [6.07, 6.45) is 2.36. The molecule has 24 heavy (non-hydrogen) atoms. The van der Waals surface area contributed by atoms with Crippen molar-refractivity contribution in [2.45, 2.75) is 19.8 Å². The highest BCUT2D eigenvalue weighted by Gasteiger charge is 2.11. The molecule has 1 N–H and O–H groups in total. The Labute approximate surface area is 144 Å². The average Bonchev–Trinajstić information content (AvgIpc) is 3.13. The van der Waals surface area contributed by atoms with E-state index in [0.29, 0.717) is 28.9 Å². The number of oxazole rings is 1. The average molecular weight is 345 g/mol. The van der Waals surface area contributed by atoms with E-state index in [-0.39, 0.29) is 12.3 Å². The molecule has 1 aromatic carbocycles. The van der Waals surface area contributed by atoms with Crippen LogP contribution in [0.5, 0.6) is 0 Å². The molecule has 0 atom stereocenters. The van der Waals surface area contributed by atoms with Crippen LogP contribution in [0.2, 0.25) is 5.02 Å². The Morgan fingerprint density at radius 1 is 1.33 bits per heavy atom. The van der Waals surface area contributed by atoms with Crippen molar-refractivity contribution in [3.05, 3.63) is 53.1 Å². The lowest BCUT2D eigenvalue weighted by Gasteiger charge is -2.03. The number of hydrogen-bond acceptors (Lipinski definition) is 4. The molecule has 6 nitrogen and oxygen atoms in total. The summed E-state index contributed by atoms with van der Waals surface area (Å²) in [5.74, 6) is 1.75. The van der Waals surface area contributed by atoms with Gasteiger partial charge in [-0.05, 0) is 31.2 Å². The first-order valence-electron chi connectivity index (χ1n) is 7.52. The van der Waals surface area contributed by atoms with Crippen molar-refractivity contribution in [1.29, 1.82) is 0 Å². The number of nitrogens with zero attached hydrogens (tertiary/aromatic N) is 3. The van der Waals surface area contributed by atoms with Crippen molar-refractivity contribution in [2.24, 2.45) is 7.05 Å². The third-order valence-electron chi connectivity index (χ3n) is 3.52. The smallest absolute Gasteiger partial charge is 0.226 e. The third kappa shape index (κ3) is 3.83. The lowest BCUT2D eigenvalue weighted by Crippen LogP contribution is -2.14.